The second-order valence-corrected chi connectivity index (χ2v) is 7.36. The second-order valence-electron chi connectivity index (χ2n) is 7.36. The van der Waals surface area contributed by atoms with Crippen molar-refractivity contribution in [1.29, 1.82) is 0 Å². The number of hydrogen-bond acceptors (Lipinski definition) is 4. The minimum absolute atomic E-state index is 0.0381. The molecule has 1 aromatic heterocycles. The smallest absolute Gasteiger partial charge is 0.253 e. The molecule has 1 fully saturated rings. The molecule has 1 aliphatic heterocycles. The number of rotatable bonds is 3. The van der Waals surface area contributed by atoms with Crippen molar-refractivity contribution < 1.29 is 9.32 Å². The molecule has 0 aromatic carbocycles. The number of nitrogens with zero attached hydrogens (tertiary/aromatic N) is 3. The lowest BCUT2D eigenvalue weighted by Crippen LogP contribution is -2.39. The summed E-state index contributed by atoms with van der Waals surface area (Å²) in [5.41, 5.74) is 1.62. The zero-order valence-electron chi connectivity index (χ0n) is 16.9. The highest BCUT2D eigenvalue weighted by Crippen LogP contribution is 2.28. The Hall–Kier alpha value is -3.47. The minimum Gasteiger partial charge on any atom is -0.339 e. The standard InChI is InChI=1S/C25H25N3O2/c29-25(21-15-10-6-3-7-11-16-21)28-18-12-17-22(19-28)24-26-23(27-30-24)20-13-8-4-1-2-5-9-14-20/h1-8,10-11,13-16,22H,9,12,17-19H2/b4-1-,5-2-,6-3?,7-3?,10-6?,11-7?,13-8-,15-10?,16-11?,20-14+,21-15?,21-16?. The van der Waals surface area contributed by atoms with Gasteiger partial charge in [0.2, 0.25) is 11.7 Å². The van der Waals surface area contributed by atoms with Gasteiger partial charge < -0.3 is 9.42 Å². The fourth-order valence-electron chi connectivity index (χ4n) is 3.65. The first-order valence-electron chi connectivity index (χ1n) is 10.4. The van der Waals surface area contributed by atoms with Gasteiger partial charge in [0, 0.05) is 24.2 Å². The maximum Gasteiger partial charge on any atom is 0.253 e. The van der Waals surface area contributed by atoms with Crippen LogP contribution in [0.3, 0.4) is 0 Å². The van der Waals surface area contributed by atoms with Gasteiger partial charge in [0.05, 0.1) is 5.92 Å². The fourth-order valence-corrected chi connectivity index (χ4v) is 3.65. The predicted octanol–water partition coefficient (Wildman–Crippen LogP) is 4.84. The van der Waals surface area contributed by atoms with Crippen molar-refractivity contribution in [2.24, 2.45) is 0 Å². The zero-order valence-corrected chi connectivity index (χ0v) is 16.9. The lowest BCUT2D eigenvalue weighted by Gasteiger charge is -2.31. The SMILES string of the molecule is O=C(C1=CC=CC=CC=C1)N1CCCC(c2nc(C3=C\C\C=C/C=C\C=C/3)no2)C1. The van der Waals surface area contributed by atoms with Crippen LogP contribution in [-0.4, -0.2) is 34.0 Å². The third-order valence-corrected chi connectivity index (χ3v) is 5.22. The molecule has 152 valence electrons. The van der Waals surface area contributed by atoms with Crippen LogP contribution in [0.4, 0.5) is 0 Å². The molecule has 0 bridgehead atoms. The normalized spacial score (nSPS) is 26.3. The van der Waals surface area contributed by atoms with Gasteiger partial charge in [0.15, 0.2) is 0 Å². The van der Waals surface area contributed by atoms with Gasteiger partial charge in [-0.05, 0) is 31.4 Å². The predicted molar refractivity (Wildman–Crippen MR) is 118 cm³/mol. The minimum atomic E-state index is 0.0381. The van der Waals surface area contributed by atoms with E-state index in [1.807, 2.05) is 77.8 Å². The summed E-state index contributed by atoms with van der Waals surface area (Å²) in [5.74, 6) is 1.29. The Kier molecular flexibility index (Phi) is 6.50. The molecular formula is C25H25N3O2. The molecule has 0 spiro atoms. The van der Waals surface area contributed by atoms with Gasteiger partial charge in [-0.25, -0.2) is 0 Å². The second kappa shape index (κ2) is 9.83. The summed E-state index contributed by atoms with van der Waals surface area (Å²) in [4.78, 5) is 19.6. The zero-order chi connectivity index (χ0) is 20.6. The molecule has 1 unspecified atom stereocenters. The molecule has 5 nitrogen and oxygen atoms in total. The van der Waals surface area contributed by atoms with Crippen molar-refractivity contribution >= 4 is 11.5 Å². The molecule has 0 N–H and O–H groups in total. The summed E-state index contributed by atoms with van der Waals surface area (Å²) in [7, 11) is 0. The Labute approximate surface area is 176 Å². The molecule has 5 heteroatoms. The summed E-state index contributed by atoms with van der Waals surface area (Å²) < 4.78 is 5.61. The van der Waals surface area contributed by atoms with Crippen molar-refractivity contribution in [1.82, 2.24) is 15.0 Å². The van der Waals surface area contributed by atoms with E-state index in [4.69, 9.17) is 4.52 Å². The van der Waals surface area contributed by atoms with Gasteiger partial charge in [-0.1, -0.05) is 78.1 Å². The topological polar surface area (TPSA) is 59.2 Å². The van der Waals surface area contributed by atoms with E-state index in [1.165, 1.54) is 0 Å². The fraction of sp³-hybridized carbons (Fsp3) is 0.240. The van der Waals surface area contributed by atoms with Crippen LogP contribution >= 0.6 is 0 Å². The summed E-state index contributed by atoms with van der Waals surface area (Å²) in [6, 6.07) is 0. The summed E-state index contributed by atoms with van der Waals surface area (Å²) in [6.45, 7) is 1.33. The molecule has 4 rings (SSSR count). The highest BCUT2D eigenvalue weighted by molar-refractivity contribution is 5.96. The molecule has 2 heterocycles. The van der Waals surface area contributed by atoms with E-state index in [0.717, 1.165) is 31.4 Å². The van der Waals surface area contributed by atoms with Gasteiger partial charge in [0.1, 0.15) is 0 Å². The first-order chi connectivity index (χ1) is 14.8. The molecule has 0 saturated carbocycles. The van der Waals surface area contributed by atoms with E-state index < -0.39 is 0 Å². The van der Waals surface area contributed by atoms with Crippen LogP contribution in [0.2, 0.25) is 0 Å². The van der Waals surface area contributed by atoms with Crippen LogP contribution in [0, 0.1) is 0 Å². The molecule has 1 aromatic rings. The van der Waals surface area contributed by atoms with E-state index in [-0.39, 0.29) is 11.8 Å². The third kappa shape index (κ3) is 4.92. The largest absolute Gasteiger partial charge is 0.339 e. The van der Waals surface area contributed by atoms with E-state index >= 15 is 0 Å². The van der Waals surface area contributed by atoms with Crippen LogP contribution in [0.15, 0.2) is 95.2 Å². The van der Waals surface area contributed by atoms with Crippen molar-refractivity contribution in [2.75, 3.05) is 13.1 Å². The molecule has 1 amide bonds. The number of carbonyl (C=O) groups excluding carboxylic acids is 1. The Bertz CT molecular complexity index is 1010. The number of aromatic nitrogens is 2. The number of amides is 1. The summed E-state index contributed by atoms with van der Waals surface area (Å²) in [6.07, 6.45) is 30.0. The highest BCUT2D eigenvalue weighted by atomic mass is 16.5. The molecule has 0 radical (unpaired) electrons. The summed E-state index contributed by atoms with van der Waals surface area (Å²) >= 11 is 0. The number of piperidine rings is 1. The molecule has 2 aliphatic carbocycles. The molecular weight excluding hydrogens is 374 g/mol. The van der Waals surface area contributed by atoms with Gasteiger partial charge >= 0.3 is 0 Å². The molecule has 1 atom stereocenters. The number of likely N-dealkylation sites (tertiary alicyclic amines) is 1. The average Bonchev–Trinajstić information content (AvgIpc) is 3.27. The van der Waals surface area contributed by atoms with Gasteiger partial charge in [0.25, 0.3) is 5.91 Å². The van der Waals surface area contributed by atoms with Gasteiger partial charge in [-0.3, -0.25) is 4.79 Å². The average molecular weight is 399 g/mol. The Morgan fingerprint density at radius 2 is 1.80 bits per heavy atom. The van der Waals surface area contributed by atoms with E-state index in [9.17, 15) is 4.79 Å². The van der Waals surface area contributed by atoms with E-state index in [2.05, 4.69) is 22.3 Å². The van der Waals surface area contributed by atoms with Crippen molar-refractivity contribution in [3.05, 3.63) is 102 Å². The van der Waals surface area contributed by atoms with Crippen molar-refractivity contribution in [3.8, 4) is 0 Å². The Balaban J connectivity index is 1.47. The maximum atomic E-state index is 13.0. The van der Waals surface area contributed by atoms with Crippen LogP contribution in [0.5, 0.6) is 0 Å². The van der Waals surface area contributed by atoms with Crippen LogP contribution < -0.4 is 0 Å². The lowest BCUT2D eigenvalue weighted by molar-refractivity contribution is -0.128. The molecule has 30 heavy (non-hydrogen) atoms. The van der Waals surface area contributed by atoms with Crippen molar-refractivity contribution in [3.63, 3.8) is 0 Å². The molecule has 1 saturated heterocycles. The maximum absolute atomic E-state index is 13.0. The van der Waals surface area contributed by atoms with Gasteiger partial charge in [-0.15, -0.1) is 0 Å². The first-order valence-corrected chi connectivity index (χ1v) is 10.4. The van der Waals surface area contributed by atoms with E-state index in [0.29, 0.717) is 23.8 Å². The van der Waals surface area contributed by atoms with Gasteiger partial charge in [-0.2, -0.15) is 4.98 Å². The molecule has 3 aliphatic rings. The number of allylic oxidation sites excluding steroid dienone is 14. The summed E-state index contributed by atoms with van der Waals surface area (Å²) in [5, 5.41) is 4.20. The van der Waals surface area contributed by atoms with Crippen LogP contribution in [-0.2, 0) is 4.79 Å². The lowest BCUT2D eigenvalue weighted by atomic mass is 9.97. The quantitative estimate of drug-likeness (QED) is 0.730. The van der Waals surface area contributed by atoms with Crippen LogP contribution in [0.1, 0.15) is 36.9 Å². The van der Waals surface area contributed by atoms with Crippen LogP contribution in [0.25, 0.3) is 5.57 Å². The highest BCUT2D eigenvalue weighted by Gasteiger charge is 2.29. The first kappa shape index (κ1) is 19.8. The van der Waals surface area contributed by atoms with Crippen molar-refractivity contribution in [2.45, 2.75) is 25.2 Å². The van der Waals surface area contributed by atoms with E-state index in [1.54, 1.807) is 0 Å². The Morgan fingerprint density at radius 3 is 2.73 bits per heavy atom. The monoisotopic (exact) mass is 399 g/mol. The number of carbonyl (C=O) groups is 1. The number of hydrogen-bond donors (Lipinski definition) is 0. The third-order valence-electron chi connectivity index (χ3n) is 5.22. The Morgan fingerprint density at radius 1 is 1.00 bits per heavy atom.